The second kappa shape index (κ2) is 8.36. The molecule has 0 saturated heterocycles. The fraction of sp³-hybridized carbons (Fsp3) is 0. The summed E-state index contributed by atoms with van der Waals surface area (Å²) in [6.45, 7) is 8.19. The molecule has 0 aliphatic heterocycles. The van der Waals surface area contributed by atoms with E-state index in [1.807, 2.05) is 42.5 Å². The minimum Gasteiger partial charge on any atom is -0.237 e. The Morgan fingerprint density at radius 2 is 1.06 bits per heavy atom. The Bertz CT molecular complexity index is 1430. The van der Waals surface area contributed by atoms with Crippen LogP contribution in [-0.2, 0) is 0 Å². The first kappa shape index (κ1) is 19.5. The molecule has 4 nitrogen and oxygen atoms in total. The standard InChI is InChI=1S/C28H20N4/c1-3-21-22(4-2)26(28-31-16-9-17-32-28)24-18-20(19-10-6-5-7-11-19)12-13-23(24)25(21)27-29-14-8-15-30-27/h3-18H,1-2H2. The quantitative estimate of drug-likeness (QED) is 0.322. The van der Waals surface area contributed by atoms with Gasteiger partial charge in [0.2, 0.25) is 0 Å². The van der Waals surface area contributed by atoms with Gasteiger partial charge in [-0.3, -0.25) is 0 Å². The van der Waals surface area contributed by atoms with Crippen LogP contribution in [0, 0.1) is 0 Å². The second-order valence-electron chi connectivity index (χ2n) is 7.26. The third kappa shape index (κ3) is 3.28. The van der Waals surface area contributed by atoms with Crippen molar-refractivity contribution in [1.82, 2.24) is 19.9 Å². The normalized spacial score (nSPS) is 10.8. The molecule has 0 spiro atoms. The molecule has 0 aliphatic rings. The van der Waals surface area contributed by atoms with Crippen molar-refractivity contribution in [3.05, 3.63) is 110 Å². The Labute approximate surface area is 186 Å². The summed E-state index contributed by atoms with van der Waals surface area (Å²) < 4.78 is 0. The monoisotopic (exact) mass is 412 g/mol. The molecule has 0 amide bonds. The number of aromatic nitrogens is 4. The lowest BCUT2D eigenvalue weighted by Crippen LogP contribution is -2.00. The molecular weight excluding hydrogens is 392 g/mol. The molecule has 0 aliphatic carbocycles. The molecule has 5 rings (SSSR count). The maximum Gasteiger partial charge on any atom is 0.160 e. The van der Waals surface area contributed by atoms with E-state index >= 15 is 0 Å². The summed E-state index contributed by atoms with van der Waals surface area (Å²) in [5.41, 5.74) is 5.91. The van der Waals surface area contributed by atoms with E-state index in [9.17, 15) is 0 Å². The smallest absolute Gasteiger partial charge is 0.160 e. The number of hydrogen-bond acceptors (Lipinski definition) is 4. The van der Waals surface area contributed by atoms with Crippen molar-refractivity contribution in [2.24, 2.45) is 0 Å². The van der Waals surface area contributed by atoms with Crippen LogP contribution in [0.5, 0.6) is 0 Å². The number of benzene rings is 3. The van der Waals surface area contributed by atoms with E-state index in [2.05, 4.69) is 63.4 Å². The van der Waals surface area contributed by atoms with Gasteiger partial charge in [-0.15, -0.1) is 0 Å². The highest BCUT2D eigenvalue weighted by atomic mass is 14.9. The lowest BCUT2D eigenvalue weighted by atomic mass is 9.86. The van der Waals surface area contributed by atoms with E-state index in [0.29, 0.717) is 11.6 Å². The molecule has 0 fully saturated rings. The maximum atomic E-state index is 4.56. The van der Waals surface area contributed by atoms with Crippen LogP contribution in [-0.4, -0.2) is 19.9 Å². The molecule has 0 saturated carbocycles. The Hall–Kier alpha value is -4.44. The minimum absolute atomic E-state index is 0.640. The van der Waals surface area contributed by atoms with Crippen molar-refractivity contribution in [2.45, 2.75) is 0 Å². The Morgan fingerprint density at radius 1 is 0.531 bits per heavy atom. The molecule has 0 bridgehead atoms. The van der Waals surface area contributed by atoms with Crippen molar-refractivity contribution in [1.29, 1.82) is 0 Å². The number of fused-ring (bicyclic) bond motifs is 1. The van der Waals surface area contributed by atoms with Gasteiger partial charge < -0.3 is 0 Å². The van der Waals surface area contributed by atoms with Gasteiger partial charge in [0.1, 0.15) is 0 Å². The SMILES string of the molecule is C=Cc1c(C=C)c(-c2ncccn2)c2cc(-c3ccccc3)ccc2c1-c1ncccn1. The van der Waals surface area contributed by atoms with Gasteiger partial charge in [-0.05, 0) is 51.2 Å². The summed E-state index contributed by atoms with van der Waals surface area (Å²) in [7, 11) is 0. The molecule has 0 N–H and O–H groups in total. The topological polar surface area (TPSA) is 51.6 Å². The van der Waals surface area contributed by atoms with Gasteiger partial charge in [0.25, 0.3) is 0 Å². The molecule has 0 unspecified atom stereocenters. The van der Waals surface area contributed by atoms with Crippen LogP contribution in [0.15, 0.2) is 98.6 Å². The van der Waals surface area contributed by atoms with Gasteiger partial charge >= 0.3 is 0 Å². The molecule has 2 heterocycles. The molecule has 3 aromatic carbocycles. The van der Waals surface area contributed by atoms with Crippen molar-refractivity contribution >= 4 is 22.9 Å². The van der Waals surface area contributed by atoms with Gasteiger partial charge in [-0.1, -0.05) is 67.8 Å². The molecule has 0 atom stereocenters. The summed E-state index contributed by atoms with van der Waals surface area (Å²) in [6, 6.07) is 20.4. The highest BCUT2D eigenvalue weighted by molar-refractivity contribution is 6.11. The van der Waals surface area contributed by atoms with Crippen molar-refractivity contribution in [3.8, 4) is 33.9 Å². The molecule has 0 radical (unpaired) electrons. The molecular formula is C28H20N4. The van der Waals surface area contributed by atoms with E-state index < -0.39 is 0 Å². The molecule has 2 aromatic heterocycles. The van der Waals surface area contributed by atoms with Crippen LogP contribution in [0.1, 0.15) is 11.1 Å². The highest BCUT2D eigenvalue weighted by Gasteiger charge is 2.21. The van der Waals surface area contributed by atoms with Gasteiger partial charge in [0.05, 0.1) is 0 Å². The highest BCUT2D eigenvalue weighted by Crippen LogP contribution is 2.42. The first-order valence-electron chi connectivity index (χ1n) is 10.3. The first-order valence-corrected chi connectivity index (χ1v) is 10.3. The predicted octanol–water partition coefficient (Wildman–Crippen LogP) is 6.71. The Balaban J connectivity index is 1.96. The maximum absolute atomic E-state index is 4.56. The largest absolute Gasteiger partial charge is 0.237 e. The van der Waals surface area contributed by atoms with E-state index in [1.165, 1.54) is 0 Å². The summed E-state index contributed by atoms with van der Waals surface area (Å²) in [5, 5.41) is 2.03. The van der Waals surface area contributed by atoms with Crippen LogP contribution >= 0.6 is 0 Å². The second-order valence-corrected chi connectivity index (χ2v) is 7.26. The van der Waals surface area contributed by atoms with Crippen LogP contribution in [0.2, 0.25) is 0 Å². The summed E-state index contributed by atoms with van der Waals surface area (Å²) >= 11 is 0. The summed E-state index contributed by atoms with van der Waals surface area (Å²) in [5.74, 6) is 1.28. The summed E-state index contributed by atoms with van der Waals surface area (Å²) in [4.78, 5) is 18.2. The van der Waals surface area contributed by atoms with Crippen LogP contribution in [0.4, 0.5) is 0 Å². The van der Waals surface area contributed by atoms with Crippen LogP contribution < -0.4 is 0 Å². The zero-order valence-corrected chi connectivity index (χ0v) is 17.4. The number of rotatable bonds is 5. The average Bonchev–Trinajstić information content (AvgIpc) is 2.88. The number of nitrogens with zero attached hydrogens (tertiary/aromatic N) is 4. The van der Waals surface area contributed by atoms with Gasteiger partial charge in [-0.25, -0.2) is 19.9 Å². The Kier molecular flexibility index (Phi) is 5.10. The van der Waals surface area contributed by atoms with Crippen LogP contribution in [0.25, 0.3) is 56.8 Å². The average molecular weight is 412 g/mol. The van der Waals surface area contributed by atoms with E-state index in [0.717, 1.165) is 44.2 Å². The molecule has 32 heavy (non-hydrogen) atoms. The fourth-order valence-corrected chi connectivity index (χ4v) is 4.10. The van der Waals surface area contributed by atoms with Crippen molar-refractivity contribution in [3.63, 3.8) is 0 Å². The third-order valence-corrected chi connectivity index (χ3v) is 5.48. The molecule has 5 aromatic rings. The van der Waals surface area contributed by atoms with E-state index in [4.69, 9.17) is 0 Å². The Morgan fingerprint density at radius 3 is 1.59 bits per heavy atom. The zero-order chi connectivity index (χ0) is 21.9. The third-order valence-electron chi connectivity index (χ3n) is 5.48. The molecule has 4 heteroatoms. The first-order chi connectivity index (χ1) is 15.8. The fourth-order valence-electron chi connectivity index (χ4n) is 4.10. The number of hydrogen-bond donors (Lipinski definition) is 0. The predicted molar refractivity (Wildman–Crippen MR) is 132 cm³/mol. The summed E-state index contributed by atoms with van der Waals surface area (Å²) in [6.07, 6.45) is 10.7. The lowest BCUT2D eigenvalue weighted by Gasteiger charge is -2.19. The van der Waals surface area contributed by atoms with Gasteiger partial charge in [-0.2, -0.15) is 0 Å². The van der Waals surface area contributed by atoms with Gasteiger partial charge in [0, 0.05) is 35.9 Å². The van der Waals surface area contributed by atoms with Crippen molar-refractivity contribution < 1.29 is 0 Å². The van der Waals surface area contributed by atoms with Gasteiger partial charge in [0.15, 0.2) is 11.6 Å². The minimum atomic E-state index is 0.640. The van der Waals surface area contributed by atoms with Crippen molar-refractivity contribution in [2.75, 3.05) is 0 Å². The molecule has 152 valence electrons. The van der Waals surface area contributed by atoms with Crippen LogP contribution in [0.3, 0.4) is 0 Å². The lowest BCUT2D eigenvalue weighted by molar-refractivity contribution is 1.17. The zero-order valence-electron chi connectivity index (χ0n) is 17.4. The van der Waals surface area contributed by atoms with E-state index in [-0.39, 0.29) is 0 Å². The van der Waals surface area contributed by atoms with E-state index in [1.54, 1.807) is 24.8 Å².